The number of benzene rings is 1. The molecule has 1 saturated carbocycles. The largest absolute Gasteiger partial charge is 0.268 e. The number of aryl methyl sites for hydroxylation is 1. The van der Waals surface area contributed by atoms with E-state index in [-0.39, 0.29) is 22.4 Å². The average Bonchev–Trinajstić information content (AvgIpc) is 3.24. The minimum absolute atomic E-state index is 0.0294. The van der Waals surface area contributed by atoms with E-state index < -0.39 is 20.0 Å². The molecule has 1 aliphatic carbocycles. The van der Waals surface area contributed by atoms with Crippen molar-refractivity contribution in [1.29, 1.82) is 0 Å². The van der Waals surface area contributed by atoms with Crippen molar-refractivity contribution >= 4 is 20.0 Å². The highest BCUT2D eigenvalue weighted by atomic mass is 32.2. The number of primary sulfonamides is 1. The van der Waals surface area contributed by atoms with Gasteiger partial charge in [-0.2, -0.15) is 5.10 Å². The second-order valence-electron chi connectivity index (χ2n) is 6.83. The van der Waals surface area contributed by atoms with Gasteiger partial charge in [0.1, 0.15) is 4.90 Å². The summed E-state index contributed by atoms with van der Waals surface area (Å²) in [6.07, 6.45) is 6.40. The second-order valence-corrected chi connectivity index (χ2v) is 10.1. The van der Waals surface area contributed by atoms with Crippen LogP contribution in [0.5, 0.6) is 0 Å². The van der Waals surface area contributed by atoms with E-state index in [2.05, 4.69) is 9.82 Å². The highest BCUT2D eigenvalue weighted by molar-refractivity contribution is 7.89. The van der Waals surface area contributed by atoms with Crippen LogP contribution in [0.15, 0.2) is 40.3 Å². The zero-order valence-electron chi connectivity index (χ0n) is 15.1. The van der Waals surface area contributed by atoms with Crippen molar-refractivity contribution in [2.24, 2.45) is 5.14 Å². The predicted molar refractivity (Wildman–Crippen MR) is 101 cm³/mol. The Kier molecular flexibility index (Phi) is 5.71. The van der Waals surface area contributed by atoms with Crippen LogP contribution in [0.25, 0.3) is 0 Å². The Hall–Kier alpha value is -1.75. The van der Waals surface area contributed by atoms with Crippen LogP contribution in [0, 0.1) is 6.92 Å². The standard InChI is InChI=1S/C17H24N4O4S2/c1-13-17(12-21(20-13)15-4-2-3-5-15)27(24,25)19-11-10-14-6-8-16(9-7-14)26(18,22)23/h6-9,12,15,19H,2-5,10-11H2,1H3,(H2,18,22,23). The highest BCUT2D eigenvalue weighted by Gasteiger charge is 2.24. The molecule has 3 N–H and O–H groups in total. The molecule has 27 heavy (non-hydrogen) atoms. The molecule has 0 saturated heterocycles. The van der Waals surface area contributed by atoms with Gasteiger partial charge in [0.15, 0.2) is 0 Å². The minimum Gasteiger partial charge on any atom is -0.268 e. The number of hydrogen-bond acceptors (Lipinski definition) is 5. The summed E-state index contributed by atoms with van der Waals surface area (Å²) in [4.78, 5) is 0.237. The molecule has 0 bridgehead atoms. The van der Waals surface area contributed by atoms with Crippen molar-refractivity contribution in [1.82, 2.24) is 14.5 Å². The molecule has 1 heterocycles. The summed E-state index contributed by atoms with van der Waals surface area (Å²) in [5.41, 5.74) is 1.30. The van der Waals surface area contributed by atoms with E-state index in [0.29, 0.717) is 12.1 Å². The number of nitrogens with zero attached hydrogens (tertiary/aromatic N) is 2. The number of nitrogens with one attached hydrogen (secondary N) is 1. The zero-order valence-corrected chi connectivity index (χ0v) is 16.8. The van der Waals surface area contributed by atoms with Gasteiger partial charge in [-0.1, -0.05) is 25.0 Å². The SMILES string of the molecule is Cc1nn(C2CCCC2)cc1S(=O)(=O)NCCc1ccc(S(N)(=O)=O)cc1. The van der Waals surface area contributed by atoms with Crippen molar-refractivity contribution in [3.05, 3.63) is 41.7 Å². The van der Waals surface area contributed by atoms with Crippen molar-refractivity contribution < 1.29 is 16.8 Å². The first-order valence-electron chi connectivity index (χ1n) is 8.84. The van der Waals surface area contributed by atoms with E-state index >= 15 is 0 Å². The Morgan fingerprint density at radius 3 is 2.37 bits per heavy atom. The fraction of sp³-hybridized carbons (Fsp3) is 0.471. The van der Waals surface area contributed by atoms with E-state index in [1.165, 1.54) is 12.1 Å². The van der Waals surface area contributed by atoms with Gasteiger partial charge in [-0.05, 0) is 43.9 Å². The topological polar surface area (TPSA) is 124 Å². The summed E-state index contributed by atoms with van der Waals surface area (Å²) in [5.74, 6) is 0. The molecule has 10 heteroatoms. The van der Waals surface area contributed by atoms with Gasteiger partial charge in [0.2, 0.25) is 20.0 Å². The van der Waals surface area contributed by atoms with Gasteiger partial charge in [0.25, 0.3) is 0 Å². The number of nitrogens with two attached hydrogens (primary N) is 1. The molecule has 0 radical (unpaired) electrons. The third kappa shape index (κ3) is 4.75. The monoisotopic (exact) mass is 412 g/mol. The quantitative estimate of drug-likeness (QED) is 0.713. The summed E-state index contributed by atoms with van der Waals surface area (Å²) in [7, 11) is -7.38. The van der Waals surface area contributed by atoms with Gasteiger partial charge in [0, 0.05) is 12.7 Å². The Bertz CT molecular complexity index is 1010. The molecule has 3 rings (SSSR count). The lowest BCUT2D eigenvalue weighted by molar-refractivity contribution is 0.464. The van der Waals surface area contributed by atoms with E-state index in [1.807, 2.05) is 0 Å². The Morgan fingerprint density at radius 2 is 1.78 bits per heavy atom. The maximum atomic E-state index is 12.6. The fourth-order valence-corrected chi connectivity index (χ4v) is 5.06. The molecular weight excluding hydrogens is 388 g/mol. The Balaban J connectivity index is 1.63. The Morgan fingerprint density at radius 1 is 1.15 bits per heavy atom. The van der Waals surface area contributed by atoms with Gasteiger partial charge >= 0.3 is 0 Å². The van der Waals surface area contributed by atoms with Crippen LogP contribution in [0.4, 0.5) is 0 Å². The summed E-state index contributed by atoms with van der Waals surface area (Å²) in [6, 6.07) is 6.35. The molecule has 0 amide bonds. The maximum Gasteiger partial charge on any atom is 0.243 e. The molecule has 1 aromatic heterocycles. The summed E-state index contributed by atoms with van der Waals surface area (Å²) >= 11 is 0. The average molecular weight is 413 g/mol. The lowest BCUT2D eigenvalue weighted by Crippen LogP contribution is -2.26. The van der Waals surface area contributed by atoms with Crippen LogP contribution in [-0.4, -0.2) is 33.2 Å². The molecule has 148 valence electrons. The van der Waals surface area contributed by atoms with Crippen LogP contribution in [0.3, 0.4) is 0 Å². The molecule has 0 atom stereocenters. The zero-order chi connectivity index (χ0) is 19.7. The lowest BCUT2D eigenvalue weighted by Gasteiger charge is -2.08. The molecule has 2 aromatic rings. The van der Waals surface area contributed by atoms with Crippen LogP contribution in [0.1, 0.15) is 43.0 Å². The fourth-order valence-electron chi connectivity index (χ4n) is 3.34. The van der Waals surface area contributed by atoms with Gasteiger partial charge < -0.3 is 0 Å². The third-order valence-electron chi connectivity index (χ3n) is 4.82. The molecule has 8 nitrogen and oxygen atoms in total. The van der Waals surface area contributed by atoms with Crippen molar-refractivity contribution in [3.8, 4) is 0 Å². The molecule has 1 aliphatic rings. The lowest BCUT2D eigenvalue weighted by atomic mass is 10.2. The number of aromatic nitrogens is 2. The van der Waals surface area contributed by atoms with Crippen molar-refractivity contribution in [3.63, 3.8) is 0 Å². The first kappa shape index (κ1) is 20.0. The number of hydrogen-bond donors (Lipinski definition) is 2. The van der Waals surface area contributed by atoms with E-state index in [4.69, 9.17) is 5.14 Å². The summed E-state index contributed by atoms with van der Waals surface area (Å²) in [5, 5.41) is 9.45. The van der Waals surface area contributed by atoms with E-state index in [9.17, 15) is 16.8 Å². The van der Waals surface area contributed by atoms with Crippen molar-refractivity contribution in [2.75, 3.05) is 6.54 Å². The van der Waals surface area contributed by atoms with Gasteiger partial charge in [-0.3, -0.25) is 4.68 Å². The second kappa shape index (κ2) is 7.70. The number of sulfonamides is 2. The molecule has 0 unspecified atom stereocenters. The van der Waals surface area contributed by atoms with Crippen LogP contribution < -0.4 is 9.86 Å². The highest BCUT2D eigenvalue weighted by Crippen LogP contribution is 2.30. The van der Waals surface area contributed by atoms with E-state index in [1.54, 1.807) is 29.9 Å². The summed E-state index contributed by atoms with van der Waals surface area (Å²) in [6.45, 7) is 1.90. The molecule has 0 spiro atoms. The normalized spacial score (nSPS) is 16.1. The number of rotatable bonds is 7. The van der Waals surface area contributed by atoms with Crippen LogP contribution in [0.2, 0.25) is 0 Å². The van der Waals surface area contributed by atoms with Crippen molar-refractivity contribution in [2.45, 2.75) is 54.9 Å². The maximum absolute atomic E-state index is 12.6. The smallest absolute Gasteiger partial charge is 0.243 e. The minimum atomic E-state index is -3.73. The predicted octanol–water partition coefficient (Wildman–Crippen LogP) is 1.48. The van der Waals surface area contributed by atoms with Gasteiger partial charge in [0.05, 0.1) is 16.6 Å². The van der Waals surface area contributed by atoms with Gasteiger partial charge in [-0.15, -0.1) is 0 Å². The van der Waals surface area contributed by atoms with Crippen LogP contribution in [-0.2, 0) is 26.5 Å². The molecular formula is C17H24N4O4S2. The third-order valence-corrected chi connectivity index (χ3v) is 7.31. The first-order valence-corrected chi connectivity index (χ1v) is 11.9. The summed E-state index contributed by atoms with van der Waals surface area (Å²) < 4.78 is 52.1. The van der Waals surface area contributed by atoms with E-state index in [0.717, 1.165) is 31.2 Å². The molecule has 1 aromatic carbocycles. The molecule has 0 aliphatic heterocycles. The Labute approximate surface area is 159 Å². The molecule has 1 fully saturated rings. The van der Waals surface area contributed by atoms with Gasteiger partial charge in [-0.25, -0.2) is 26.7 Å². The first-order chi connectivity index (χ1) is 12.7. The van der Waals surface area contributed by atoms with Crippen LogP contribution >= 0.6 is 0 Å².